The van der Waals surface area contributed by atoms with Crippen LogP contribution in [0, 0.1) is 0 Å². The number of benzene rings is 1. The first-order valence-corrected chi connectivity index (χ1v) is 20.6. The number of rotatable bonds is 29. The fourth-order valence-electron chi connectivity index (χ4n) is 6.80. The molecule has 1 aliphatic heterocycles. The van der Waals surface area contributed by atoms with Gasteiger partial charge in [-0.1, -0.05) is 173 Å². The first-order chi connectivity index (χ1) is 24.9. The van der Waals surface area contributed by atoms with Gasteiger partial charge in [-0.2, -0.15) is 0 Å². The van der Waals surface area contributed by atoms with Crippen molar-refractivity contribution in [2.24, 2.45) is 0 Å². The Labute approximate surface area is 309 Å². The molecule has 1 heterocycles. The van der Waals surface area contributed by atoms with E-state index in [0.29, 0.717) is 13.1 Å². The number of hydrogen-bond acceptors (Lipinski definition) is 7. The number of carbonyl (C=O) groups is 2. The first kappa shape index (κ1) is 44.8. The third-order valence-corrected chi connectivity index (χ3v) is 10.0. The summed E-state index contributed by atoms with van der Waals surface area (Å²) in [6.45, 7) is 4.78. The number of amides is 3. The third-order valence-electron chi connectivity index (χ3n) is 10.0. The number of carbonyl (C=O) groups excluding carboxylic acids is 2. The number of alkyl carbamates (subject to hydrolysis) is 1. The normalized spacial score (nSPS) is 20.2. The summed E-state index contributed by atoms with van der Waals surface area (Å²) in [7, 11) is 0. The van der Waals surface area contributed by atoms with Crippen LogP contribution in [-0.2, 0) is 16.1 Å². The third kappa shape index (κ3) is 19.3. The van der Waals surface area contributed by atoms with E-state index in [1.54, 1.807) is 0 Å². The summed E-state index contributed by atoms with van der Waals surface area (Å²) in [4.78, 5) is 28.2. The van der Waals surface area contributed by atoms with Gasteiger partial charge in [-0.15, -0.1) is 0 Å². The number of nitrogens with zero attached hydrogens (tertiary/aromatic N) is 1. The van der Waals surface area contributed by atoms with E-state index in [-0.39, 0.29) is 12.6 Å². The van der Waals surface area contributed by atoms with Gasteiger partial charge in [-0.05, 0) is 18.4 Å². The van der Waals surface area contributed by atoms with Crippen LogP contribution in [0.1, 0.15) is 161 Å². The summed E-state index contributed by atoms with van der Waals surface area (Å²) in [5.74, 6) is 0. The van der Waals surface area contributed by atoms with E-state index in [0.717, 1.165) is 50.5 Å². The van der Waals surface area contributed by atoms with Gasteiger partial charge in [0.05, 0.1) is 6.61 Å². The predicted molar refractivity (Wildman–Crippen MR) is 204 cm³/mol. The summed E-state index contributed by atoms with van der Waals surface area (Å²) >= 11 is 0. The molecule has 0 aromatic heterocycles. The van der Waals surface area contributed by atoms with Crippen molar-refractivity contribution >= 4 is 12.1 Å². The molecule has 3 amide bonds. The van der Waals surface area contributed by atoms with Gasteiger partial charge in [-0.3, -0.25) is 4.90 Å². The Hall–Kier alpha value is -2.40. The topological polar surface area (TPSA) is 141 Å². The highest BCUT2D eigenvalue weighted by Crippen LogP contribution is 2.25. The van der Waals surface area contributed by atoms with Crippen LogP contribution in [0.2, 0.25) is 0 Å². The second-order valence-electron chi connectivity index (χ2n) is 14.5. The lowest BCUT2D eigenvalue weighted by molar-refractivity contribution is -0.222. The summed E-state index contributed by atoms with van der Waals surface area (Å²) in [6, 6.07) is 7.69. The van der Waals surface area contributed by atoms with E-state index < -0.39 is 43.3 Å². The van der Waals surface area contributed by atoms with Gasteiger partial charge in [0.25, 0.3) is 0 Å². The number of hydrogen-bond donors (Lipinski definition) is 5. The molecule has 0 bridgehead atoms. The molecule has 1 aromatic carbocycles. The van der Waals surface area contributed by atoms with Crippen molar-refractivity contribution < 1.29 is 34.4 Å². The minimum absolute atomic E-state index is 0.0185. The van der Waals surface area contributed by atoms with E-state index in [4.69, 9.17) is 9.47 Å². The summed E-state index contributed by atoms with van der Waals surface area (Å²) in [6.07, 6.45) is 20.2. The number of aliphatic hydroxyl groups excluding tert-OH is 3. The molecule has 1 aromatic rings. The Morgan fingerprint density at radius 1 is 0.706 bits per heavy atom. The molecule has 5 N–H and O–H groups in total. The molecule has 2 rings (SSSR count). The smallest absolute Gasteiger partial charge is 0.407 e. The number of unbranched alkanes of at least 4 members (excludes halogenated alkanes) is 20. The molecule has 1 aliphatic rings. The Kier molecular flexibility index (Phi) is 25.5. The van der Waals surface area contributed by atoms with Crippen LogP contribution in [0.25, 0.3) is 0 Å². The summed E-state index contributed by atoms with van der Waals surface area (Å²) in [5, 5.41) is 37.5. The van der Waals surface area contributed by atoms with Gasteiger partial charge in [0.15, 0.2) is 6.23 Å². The highest BCUT2D eigenvalue weighted by Gasteiger charge is 2.48. The Bertz CT molecular complexity index is 1000. The van der Waals surface area contributed by atoms with E-state index in [9.17, 15) is 24.9 Å². The maximum Gasteiger partial charge on any atom is 0.407 e. The van der Waals surface area contributed by atoms with Crippen LogP contribution in [0.4, 0.5) is 9.59 Å². The molecule has 0 aliphatic carbocycles. The number of ether oxygens (including phenoxy) is 2. The van der Waals surface area contributed by atoms with Crippen molar-refractivity contribution in [3.63, 3.8) is 0 Å². The lowest BCUT2D eigenvalue weighted by Crippen LogP contribution is -2.69. The lowest BCUT2D eigenvalue weighted by atomic mass is 9.95. The van der Waals surface area contributed by atoms with Crippen molar-refractivity contribution in [3.05, 3.63) is 35.9 Å². The molecule has 0 spiro atoms. The largest absolute Gasteiger partial charge is 0.445 e. The van der Waals surface area contributed by atoms with Crippen molar-refractivity contribution in [3.8, 4) is 0 Å². The standard InChI is InChI=1S/C41H73N3O7/c1-3-5-7-9-11-13-15-16-17-19-21-26-30-42-40(48)44(31-27-22-20-18-14-12-10-8-6-4-2)39-36(38(47)37(46)35(32-45)51-39)43-41(49)50-33-34-28-24-23-25-29-34/h23-25,28-29,35-39,45-47H,3-22,26-27,30-33H2,1-2H3,(H,42,48)(H,43,49)/t35-,36+,37-,38-,39-/m1/s1. The Morgan fingerprint density at radius 2 is 1.20 bits per heavy atom. The highest BCUT2D eigenvalue weighted by molar-refractivity contribution is 5.75. The van der Waals surface area contributed by atoms with Crippen molar-refractivity contribution in [2.45, 2.75) is 192 Å². The summed E-state index contributed by atoms with van der Waals surface area (Å²) < 4.78 is 11.5. The van der Waals surface area contributed by atoms with E-state index in [1.807, 2.05) is 30.3 Å². The molecule has 1 fully saturated rings. The number of aliphatic hydroxyl groups is 3. The predicted octanol–water partition coefficient (Wildman–Crippen LogP) is 8.35. The maximum absolute atomic E-state index is 13.7. The molecular formula is C41H73N3O7. The van der Waals surface area contributed by atoms with Crippen molar-refractivity contribution in [1.29, 1.82) is 0 Å². The van der Waals surface area contributed by atoms with E-state index in [2.05, 4.69) is 24.5 Å². The van der Waals surface area contributed by atoms with Gasteiger partial charge in [0, 0.05) is 13.1 Å². The average Bonchev–Trinajstić information content (AvgIpc) is 3.14. The molecule has 10 nitrogen and oxygen atoms in total. The Balaban J connectivity index is 1.95. The van der Waals surface area contributed by atoms with Gasteiger partial charge < -0.3 is 35.4 Å². The van der Waals surface area contributed by atoms with Crippen LogP contribution in [0.5, 0.6) is 0 Å². The second-order valence-corrected chi connectivity index (χ2v) is 14.5. The SMILES string of the molecule is CCCCCCCCCCCCCCNC(=O)N(CCCCCCCCCCCC)[C@@H]1O[C@H](CO)[C@@H](O)[C@H](O)[C@@H]1NC(=O)OCc1ccccc1. The van der Waals surface area contributed by atoms with Gasteiger partial charge >= 0.3 is 12.1 Å². The molecule has 0 unspecified atom stereocenters. The van der Waals surface area contributed by atoms with E-state index >= 15 is 0 Å². The maximum atomic E-state index is 13.7. The zero-order chi connectivity index (χ0) is 36.9. The lowest BCUT2D eigenvalue weighted by Gasteiger charge is -2.46. The zero-order valence-corrected chi connectivity index (χ0v) is 32.1. The fraction of sp³-hybridized carbons (Fsp3) is 0.805. The molecule has 51 heavy (non-hydrogen) atoms. The van der Waals surface area contributed by atoms with Crippen molar-refractivity contribution in [2.75, 3.05) is 19.7 Å². The Morgan fingerprint density at radius 3 is 1.71 bits per heavy atom. The molecule has 0 saturated carbocycles. The van der Waals surface area contributed by atoms with Gasteiger partial charge in [0.2, 0.25) is 0 Å². The minimum Gasteiger partial charge on any atom is -0.445 e. The van der Waals surface area contributed by atoms with Crippen LogP contribution in [0.3, 0.4) is 0 Å². The van der Waals surface area contributed by atoms with Gasteiger partial charge in [0.1, 0.15) is 31.0 Å². The number of urea groups is 1. The van der Waals surface area contributed by atoms with Crippen LogP contribution in [-0.4, -0.2) is 82.6 Å². The second kappa shape index (κ2) is 29.1. The number of nitrogens with one attached hydrogen (secondary N) is 2. The minimum atomic E-state index is -1.50. The molecule has 1 saturated heterocycles. The van der Waals surface area contributed by atoms with Crippen molar-refractivity contribution in [1.82, 2.24) is 15.5 Å². The fourth-order valence-corrected chi connectivity index (χ4v) is 6.80. The molecule has 294 valence electrons. The first-order valence-electron chi connectivity index (χ1n) is 20.6. The van der Waals surface area contributed by atoms with Crippen LogP contribution >= 0.6 is 0 Å². The molecule has 10 heteroatoms. The molecular weight excluding hydrogens is 646 g/mol. The summed E-state index contributed by atoms with van der Waals surface area (Å²) in [5.41, 5.74) is 0.796. The molecule has 5 atom stereocenters. The molecule has 0 radical (unpaired) electrons. The zero-order valence-electron chi connectivity index (χ0n) is 32.1. The highest BCUT2D eigenvalue weighted by atomic mass is 16.6. The van der Waals surface area contributed by atoms with Crippen LogP contribution in [0.15, 0.2) is 30.3 Å². The van der Waals surface area contributed by atoms with E-state index in [1.165, 1.54) is 101 Å². The van der Waals surface area contributed by atoms with Gasteiger partial charge in [-0.25, -0.2) is 9.59 Å². The quantitative estimate of drug-likeness (QED) is 0.0524. The monoisotopic (exact) mass is 720 g/mol. The average molecular weight is 720 g/mol. The van der Waals surface area contributed by atoms with Crippen LogP contribution < -0.4 is 10.6 Å².